The fourth-order valence-electron chi connectivity index (χ4n) is 3.48. The van der Waals surface area contributed by atoms with Gasteiger partial charge < -0.3 is 24.6 Å². The molecule has 0 bridgehead atoms. The monoisotopic (exact) mass is 445 g/mol. The number of benzene rings is 2. The molecule has 31 heavy (non-hydrogen) atoms. The van der Waals surface area contributed by atoms with Crippen molar-refractivity contribution < 1.29 is 19.1 Å². The number of halogens is 1. The van der Waals surface area contributed by atoms with E-state index in [1.165, 1.54) is 0 Å². The zero-order valence-corrected chi connectivity index (χ0v) is 18.8. The Morgan fingerprint density at radius 1 is 1.06 bits per heavy atom. The molecule has 3 rings (SSSR count). The molecular weight excluding hydrogens is 418 g/mol. The molecule has 7 nitrogen and oxygen atoms in total. The third-order valence-electron chi connectivity index (χ3n) is 5.09. The van der Waals surface area contributed by atoms with Crippen LogP contribution in [0.1, 0.15) is 13.8 Å². The maximum Gasteiger partial charge on any atom is 0.262 e. The van der Waals surface area contributed by atoms with Crippen molar-refractivity contribution in [3.05, 3.63) is 47.5 Å². The maximum atomic E-state index is 12.6. The van der Waals surface area contributed by atoms with E-state index in [9.17, 15) is 9.59 Å². The third-order valence-corrected chi connectivity index (χ3v) is 5.32. The first-order valence-electron chi connectivity index (χ1n) is 10.3. The molecule has 0 radical (unpaired) electrons. The van der Waals surface area contributed by atoms with Crippen LogP contribution in [0.4, 0.5) is 11.4 Å². The minimum absolute atomic E-state index is 0.0137. The molecule has 1 aliphatic rings. The number of amides is 2. The van der Waals surface area contributed by atoms with E-state index in [0.717, 1.165) is 5.69 Å². The molecule has 166 valence electrons. The summed E-state index contributed by atoms with van der Waals surface area (Å²) in [4.78, 5) is 28.8. The number of methoxy groups -OCH3 is 1. The number of anilines is 2. The molecule has 2 aromatic carbocycles. The van der Waals surface area contributed by atoms with Crippen LogP contribution in [0.3, 0.4) is 0 Å². The third kappa shape index (κ3) is 5.82. The van der Waals surface area contributed by atoms with E-state index in [1.54, 1.807) is 31.4 Å². The second-order valence-corrected chi connectivity index (χ2v) is 8.05. The highest BCUT2D eigenvalue weighted by Gasteiger charge is 2.24. The molecule has 2 amide bonds. The van der Waals surface area contributed by atoms with Gasteiger partial charge in [-0.05, 0) is 30.3 Å². The Hall–Kier alpha value is -2.93. The van der Waals surface area contributed by atoms with Crippen molar-refractivity contribution in [3.63, 3.8) is 0 Å². The van der Waals surface area contributed by atoms with Gasteiger partial charge in [0.1, 0.15) is 0 Å². The quantitative estimate of drug-likeness (QED) is 0.704. The summed E-state index contributed by atoms with van der Waals surface area (Å²) in [5.41, 5.74) is 1.48. The maximum absolute atomic E-state index is 12.6. The minimum Gasteiger partial charge on any atom is -0.493 e. The summed E-state index contributed by atoms with van der Waals surface area (Å²) < 4.78 is 10.9. The number of nitrogens with one attached hydrogen (secondary N) is 1. The summed E-state index contributed by atoms with van der Waals surface area (Å²) in [6.45, 7) is 6.31. The van der Waals surface area contributed by atoms with Crippen LogP contribution in [0.15, 0.2) is 42.5 Å². The van der Waals surface area contributed by atoms with Gasteiger partial charge in [-0.2, -0.15) is 0 Å². The second kappa shape index (κ2) is 10.4. The molecule has 0 atom stereocenters. The number of rotatable bonds is 7. The molecule has 0 aliphatic carbocycles. The predicted octanol–water partition coefficient (Wildman–Crippen LogP) is 3.67. The van der Waals surface area contributed by atoms with Gasteiger partial charge in [0.2, 0.25) is 5.91 Å². The van der Waals surface area contributed by atoms with E-state index in [-0.39, 0.29) is 24.3 Å². The molecule has 2 aromatic rings. The predicted molar refractivity (Wildman–Crippen MR) is 122 cm³/mol. The van der Waals surface area contributed by atoms with Gasteiger partial charge in [-0.25, -0.2) is 0 Å². The van der Waals surface area contributed by atoms with E-state index in [4.69, 9.17) is 21.1 Å². The number of carbonyl (C=O) groups excluding carboxylic acids is 2. The molecule has 0 saturated carbocycles. The van der Waals surface area contributed by atoms with Crippen LogP contribution < -0.4 is 19.7 Å². The van der Waals surface area contributed by atoms with Gasteiger partial charge >= 0.3 is 0 Å². The molecule has 1 fully saturated rings. The van der Waals surface area contributed by atoms with Gasteiger partial charge in [-0.15, -0.1) is 0 Å². The first kappa shape index (κ1) is 22.7. The van der Waals surface area contributed by atoms with Crippen molar-refractivity contribution in [2.45, 2.75) is 13.8 Å². The molecule has 8 heteroatoms. The van der Waals surface area contributed by atoms with Gasteiger partial charge in [-0.1, -0.05) is 37.6 Å². The standard InChI is InChI=1S/C23H28ClN3O4/c1-16(2)23(29)27-12-10-26(11-13-27)19-9-8-17(24)14-18(19)25-22(28)15-31-21-7-5-4-6-20(21)30-3/h4-9,14,16H,10-13,15H2,1-3H3,(H,25,28). The molecular formula is C23H28ClN3O4. The topological polar surface area (TPSA) is 71.1 Å². The SMILES string of the molecule is COc1ccccc1OCC(=O)Nc1cc(Cl)ccc1N1CCN(C(=O)C(C)C)CC1. The van der Waals surface area contributed by atoms with Crippen molar-refractivity contribution in [1.29, 1.82) is 0 Å². The van der Waals surface area contributed by atoms with Crippen molar-refractivity contribution in [2.24, 2.45) is 5.92 Å². The summed E-state index contributed by atoms with van der Waals surface area (Å²) in [5, 5.41) is 3.42. The number of nitrogens with zero attached hydrogens (tertiary/aromatic N) is 2. The Morgan fingerprint density at radius 3 is 2.39 bits per heavy atom. The number of carbonyl (C=O) groups is 2. The van der Waals surface area contributed by atoms with Crippen LogP contribution >= 0.6 is 11.6 Å². The van der Waals surface area contributed by atoms with Gasteiger partial charge in [0, 0.05) is 37.1 Å². The number of ether oxygens (including phenoxy) is 2. The zero-order valence-electron chi connectivity index (χ0n) is 18.1. The zero-order chi connectivity index (χ0) is 22.4. The molecule has 1 saturated heterocycles. The first-order valence-corrected chi connectivity index (χ1v) is 10.7. The lowest BCUT2D eigenvalue weighted by molar-refractivity contribution is -0.134. The van der Waals surface area contributed by atoms with Crippen molar-refractivity contribution in [3.8, 4) is 11.5 Å². The lowest BCUT2D eigenvalue weighted by atomic mass is 10.1. The van der Waals surface area contributed by atoms with Crippen LogP contribution in [0, 0.1) is 5.92 Å². The average Bonchev–Trinajstić information content (AvgIpc) is 2.77. The Bertz CT molecular complexity index is 927. The number of para-hydroxylation sites is 2. The van der Waals surface area contributed by atoms with E-state index in [0.29, 0.717) is 48.4 Å². The molecule has 1 heterocycles. The van der Waals surface area contributed by atoms with Crippen LogP contribution in [-0.2, 0) is 9.59 Å². The largest absolute Gasteiger partial charge is 0.493 e. The highest BCUT2D eigenvalue weighted by Crippen LogP contribution is 2.31. The normalized spacial score (nSPS) is 13.8. The smallest absolute Gasteiger partial charge is 0.262 e. The van der Waals surface area contributed by atoms with E-state index in [2.05, 4.69) is 10.2 Å². The van der Waals surface area contributed by atoms with Gasteiger partial charge in [0.05, 0.1) is 18.5 Å². The summed E-state index contributed by atoms with van der Waals surface area (Å²) in [7, 11) is 1.55. The van der Waals surface area contributed by atoms with Gasteiger partial charge in [0.25, 0.3) is 5.91 Å². The summed E-state index contributed by atoms with van der Waals surface area (Å²) in [6.07, 6.45) is 0. The molecule has 0 spiro atoms. The van der Waals surface area contributed by atoms with E-state index >= 15 is 0 Å². The van der Waals surface area contributed by atoms with Gasteiger partial charge in [0.15, 0.2) is 18.1 Å². The van der Waals surface area contributed by atoms with E-state index < -0.39 is 0 Å². The lowest BCUT2D eigenvalue weighted by Gasteiger charge is -2.37. The second-order valence-electron chi connectivity index (χ2n) is 7.62. The van der Waals surface area contributed by atoms with Crippen LogP contribution in [0.5, 0.6) is 11.5 Å². The molecule has 0 aromatic heterocycles. The van der Waals surface area contributed by atoms with Crippen LogP contribution in [-0.4, -0.2) is 56.6 Å². The molecule has 1 N–H and O–H groups in total. The van der Waals surface area contributed by atoms with Crippen molar-refractivity contribution in [2.75, 3.05) is 50.1 Å². The number of hydrogen-bond acceptors (Lipinski definition) is 5. The summed E-state index contributed by atoms with van der Waals surface area (Å²) in [5.74, 6) is 0.908. The average molecular weight is 446 g/mol. The highest BCUT2D eigenvalue weighted by atomic mass is 35.5. The van der Waals surface area contributed by atoms with Crippen molar-refractivity contribution >= 4 is 34.8 Å². The highest BCUT2D eigenvalue weighted by molar-refractivity contribution is 6.31. The lowest BCUT2D eigenvalue weighted by Crippen LogP contribution is -2.50. The van der Waals surface area contributed by atoms with Crippen LogP contribution in [0.2, 0.25) is 5.02 Å². The van der Waals surface area contributed by atoms with Crippen LogP contribution in [0.25, 0.3) is 0 Å². The Labute approximate surface area is 187 Å². The minimum atomic E-state index is -0.303. The molecule has 1 aliphatic heterocycles. The fourth-order valence-corrected chi connectivity index (χ4v) is 3.66. The van der Waals surface area contributed by atoms with E-state index in [1.807, 2.05) is 36.9 Å². The summed E-state index contributed by atoms with van der Waals surface area (Å²) in [6, 6.07) is 12.6. The Kier molecular flexibility index (Phi) is 7.63. The Balaban J connectivity index is 1.65. The summed E-state index contributed by atoms with van der Waals surface area (Å²) >= 11 is 6.18. The molecule has 0 unspecified atom stereocenters. The first-order chi connectivity index (χ1) is 14.9. The van der Waals surface area contributed by atoms with Gasteiger partial charge in [-0.3, -0.25) is 9.59 Å². The number of piperazine rings is 1. The fraction of sp³-hybridized carbons (Fsp3) is 0.391. The number of hydrogen-bond donors (Lipinski definition) is 1. The Morgan fingerprint density at radius 2 is 1.74 bits per heavy atom. The van der Waals surface area contributed by atoms with Crippen molar-refractivity contribution in [1.82, 2.24) is 4.90 Å².